The van der Waals surface area contributed by atoms with Crippen LogP contribution in [0.5, 0.6) is 0 Å². The molecule has 0 bridgehead atoms. The summed E-state index contributed by atoms with van der Waals surface area (Å²) in [5.74, 6) is 0. The molecule has 0 saturated carbocycles. The molecular weight excluding hydrogens is 340 g/mol. The molecule has 0 aliphatic carbocycles. The fourth-order valence-electron chi connectivity index (χ4n) is 1.92. The second-order valence-corrected chi connectivity index (χ2v) is 14.2. The van der Waals surface area contributed by atoms with Crippen LogP contribution in [0, 0.1) is 6.92 Å². The van der Waals surface area contributed by atoms with Crippen molar-refractivity contribution in [3.05, 3.63) is 29.3 Å². The van der Waals surface area contributed by atoms with Crippen molar-refractivity contribution in [2.24, 2.45) is 0 Å². The summed E-state index contributed by atoms with van der Waals surface area (Å²) in [6.07, 6.45) is 1.62. The second-order valence-electron chi connectivity index (χ2n) is 7.79. The number of rotatable bonds is 8. The predicted molar refractivity (Wildman–Crippen MR) is 101 cm³/mol. The van der Waals surface area contributed by atoms with Gasteiger partial charge in [-0.1, -0.05) is 51.8 Å². The minimum absolute atomic E-state index is 0.0769. The lowest BCUT2D eigenvalue weighted by Crippen LogP contribution is -2.40. The first kappa shape index (κ1) is 21.3. The summed E-state index contributed by atoms with van der Waals surface area (Å²) in [5, 5.41) is 0.0769. The summed E-state index contributed by atoms with van der Waals surface area (Å²) >= 11 is 0. The summed E-state index contributed by atoms with van der Waals surface area (Å²) < 4.78 is 36.4. The van der Waals surface area contributed by atoms with E-state index in [2.05, 4.69) is 33.9 Å². The molecule has 1 aromatic carbocycles. The predicted octanol–water partition coefficient (Wildman–Crippen LogP) is 5.02. The summed E-state index contributed by atoms with van der Waals surface area (Å²) in [5.41, 5.74) is 1.69. The summed E-state index contributed by atoms with van der Waals surface area (Å²) in [7, 11) is -5.70. The van der Waals surface area contributed by atoms with Crippen LogP contribution in [0.4, 0.5) is 0 Å². The van der Waals surface area contributed by atoms with Gasteiger partial charge in [-0.15, -0.1) is 0 Å². The number of hydrogen-bond donors (Lipinski definition) is 0. The Balaban J connectivity index is 3.05. The Morgan fingerprint density at radius 1 is 1.17 bits per heavy atom. The summed E-state index contributed by atoms with van der Waals surface area (Å²) in [4.78, 5) is 0.225. The van der Waals surface area contributed by atoms with Gasteiger partial charge in [-0.3, -0.25) is 4.18 Å². The maximum Gasteiger partial charge on any atom is 0.297 e. The van der Waals surface area contributed by atoms with Crippen LogP contribution in [0.3, 0.4) is 0 Å². The van der Waals surface area contributed by atoms with Gasteiger partial charge in [0.25, 0.3) is 10.1 Å². The van der Waals surface area contributed by atoms with Crippen LogP contribution < -0.4 is 0 Å². The maximum absolute atomic E-state index is 12.5. The van der Waals surface area contributed by atoms with Gasteiger partial charge in [-0.05, 0) is 43.1 Å². The van der Waals surface area contributed by atoms with Crippen LogP contribution in [-0.2, 0) is 25.3 Å². The molecule has 24 heavy (non-hydrogen) atoms. The molecule has 0 amide bonds. The fourth-order valence-corrected chi connectivity index (χ4v) is 4.00. The van der Waals surface area contributed by atoms with Crippen LogP contribution in [-0.4, -0.2) is 23.3 Å². The molecule has 0 unspecified atom stereocenters. The average Bonchev–Trinajstić information content (AvgIpc) is 2.44. The smallest absolute Gasteiger partial charge is 0.297 e. The molecule has 4 nitrogen and oxygen atoms in total. The first-order chi connectivity index (χ1) is 10.9. The van der Waals surface area contributed by atoms with E-state index in [1.807, 2.05) is 19.9 Å². The van der Waals surface area contributed by atoms with Gasteiger partial charge in [0.1, 0.15) is 0 Å². The van der Waals surface area contributed by atoms with Gasteiger partial charge in [-0.25, -0.2) is 0 Å². The Hall–Kier alpha value is -0.693. The number of aryl methyl sites for hydroxylation is 1. The van der Waals surface area contributed by atoms with Crippen molar-refractivity contribution in [2.45, 2.75) is 77.1 Å². The van der Waals surface area contributed by atoms with Gasteiger partial charge >= 0.3 is 0 Å². The highest BCUT2D eigenvalue weighted by Crippen LogP contribution is 2.37. The Labute approximate surface area is 148 Å². The van der Waals surface area contributed by atoms with E-state index in [-0.39, 0.29) is 16.5 Å². The molecule has 0 N–H and O–H groups in total. The number of hydrogen-bond acceptors (Lipinski definition) is 4. The van der Waals surface area contributed by atoms with Gasteiger partial charge in [0.15, 0.2) is 8.32 Å². The normalized spacial score (nSPS) is 13.3. The van der Waals surface area contributed by atoms with Gasteiger partial charge in [0.2, 0.25) is 0 Å². The highest BCUT2D eigenvalue weighted by molar-refractivity contribution is 7.86. The first-order valence-corrected chi connectivity index (χ1v) is 12.9. The van der Waals surface area contributed by atoms with E-state index >= 15 is 0 Å². The van der Waals surface area contributed by atoms with Gasteiger partial charge in [0.05, 0.1) is 18.1 Å². The molecule has 0 saturated heterocycles. The second kappa shape index (κ2) is 8.12. The van der Waals surface area contributed by atoms with Gasteiger partial charge in [-0.2, -0.15) is 8.42 Å². The molecule has 0 aromatic heterocycles. The minimum Gasteiger partial charge on any atom is -0.413 e. The molecule has 0 aliphatic rings. The molecule has 0 fully saturated rings. The molecule has 0 spiro atoms. The Bertz CT molecular complexity index is 645. The molecule has 6 heteroatoms. The monoisotopic (exact) mass is 372 g/mol. The quantitative estimate of drug-likeness (QED) is 0.365. The van der Waals surface area contributed by atoms with E-state index in [0.717, 1.165) is 18.4 Å². The van der Waals surface area contributed by atoms with Crippen molar-refractivity contribution >= 4 is 18.4 Å². The zero-order valence-corrected chi connectivity index (χ0v) is 17.9. The van der Waals surface area contributed by atoms with E-state index in [1.165, 1.54) is 0 Å². The molecule has 0 radical (unpaired) electrons. The van der Waals surface area contributed by atoms with E-state index in [4.69, 9.17) is 8.61 Å². The van der Waals surface area contributed by atoms with Crippen LogP contribution in [0.1, 0.15) is 51.7 Å². The van der Waals surface area contributed by atoms with Crippen molar-refractivity contribution in [1.82, 2.24) is 0 Å². The maximum atomic E-state index is 12.5. The standard InChI is InChI=1S/C18H32O4SSi/c1-8-9-12-21-23(19,20)17-11-10-15(2)13-16(17)14-22-24(6,7)18(3,4)5/h10-11,13H,8-9,12,14H2,1-7H3. The van der Waals surface area contributed by atoms with Crippen molar-refractivity contribution in [2.75, 3.05) is 6.61 Å². The largest absolute Gasteiger partial charge is 0.413 e. The van der Waals surface area contributed by atoms with Crippen molar-refractivity contribution in [3.63, 3.8) is 0 Å². The SMILES string of the molecule is CCCCOS(=O)(=O)c1ccc(C)cc1CO[Si](C)(C)C(C)(C)C. The van der Waals surface area contributed by atoms with E-state index in [1.54, 1.807) is 12.1 Å². The first-order valence-electron chi connectivity index (χ1n) is 8.53. The highest BCUT2D eigenvalue weighted by atomic mass is 32.2. The van der Waals surface area contributed by atoms with E-state index in [0.29, 0.717) is 12.2 Å². The lowest BCUT2D eigenvalue weighted by atomic mass is 10.1. The molecule has 0 aliphatic heterocycles. The zero-order valence-electron chi connectivity index (χ0n) is 16.1. The van der Waals surface area contributed by atoms with Crippen molar-refractivity contribution in [3.8, 4) is 0 Å². The lowest BCUT2D eigenvalue weighted by molar-refractivity contribution is 0.271. The molecular formula is C18H32O4SSi. The van der Waals surface area contributed by atoms with Crippen LogP contribution in [0.15, 0.2) is 23.1 Å². The van der Waals surface area contributed by atoms with Crippen molar-refractivity contribution < 1.29 is 17.0 Å². The topological polar surface area (TPSA) is 52.6 Å². The zero-order chi connectivity index (χ0) is 18.6. The van der Waals surface area contributed by atoms with Crippen LogP contribution >= 0.6 is 0 Å². The third-order valence-corrected chi connectivity index (χ3v) is 10.5. The molecule has 138 valence electrons. The van der Waals surface area contributed by atoms with Crippen LogP contribution in [0.2, 0.25) is 18.1 Å². The summed E-state index contributed by atoms with van der Waals surface area (Å²) in [6.45, 7) is 15.3. The Morgan fingerprint density at radius 2 is 1.79 bits per heavy atom. The van der Waals surface area contributed by atoms with E-state index in [9.17, 15) is 8.42 Å². The Kier molecular flexibility index (Phi) is 7.23. The average molecular weight is 373 g/mol. The minimum atomic E-state index is -3.75. The molecule has 0 heterocycles. The fraction of sp³-hybridized carbons (Fsp3) is 0.667. The van der Waals surface area contributed by atoms with Gasteiger partial charge in [0, 0.05) is 0 Å². The summed E-state index contributed by atoms with van der Waals surface area (Å²) in [6, 6.07) is 5.30. The molecule has 0 atom stereocenters. The Morgan fingerprint density at radius 3 is 2.33 bits per heavy atom. The van der Waals surface area contributed by atoms with E-state index < -0.39 is 18.4 Å². The number of benzene rings is 1. The third-order valence-electron chi connectivity index (χ3n) is 4.62. The number of unbranched alkanes of at least 4 members (excludes halogenated alkanes) is 1. The van der Waals surface area contributed by atoms with Crippen molar-refractivity contribution in [1.29, 1.82) is 0 Å². The molecule has 1 rings (SSSR count). The third kappa shape index (κ3) is 5.69. The lowest BCUT2D eigenvalue weighted by Gasteiger charge is -2.36. The van der Waals surface area contributed by atoms with Crippen LogP contribution in [0.25, 0.3) is 0 Å². The molecule has 1 aromatic rings. The highest BCUT2D eigenvalue weighted by Gasteiger charge is 2.37. The van der Waals surface area contributed by atoms with Gasteiger partial charge < -0.3 is 4.43 Å².